The zero-order valence-electron chi connectivity index (χ0n) is 9.64. The van der Waals surface area contributed by atoms with Crippen LogP contribution in [-0.2, 0) is 21.6 Å². The van der Waals surface area contributed by atoms with Crippen LogP contribution >= 0.6 is 11.6 Å². The second kappa shape index (κ2) is 5.05. The summed E-state index contributed by atoms with van der Waals surface area (Å²) in [6, 6.07) is 4.13. The summed E-state index contributed by atoms with van der Waals surface area (Å²) in [5, 5.41) is -1.48. The molecule has 1 aliphatic heterocycles. The molecule has 0 N–H and O–H groups in total. The summed E-state index contributed by atoms with van der Waals surface area (Å²) in [5.41, 5.74) is 0.354. The van der Waals surface area contributed by atoms with Gasteiger partial charge in [0.2, 0.25) is 5.91 Å². The van der Waals surface area contributed by atoms with Crippen molar-refractivity contribution in [3.8, 4) is 0 Å². The van der Waals surface area contributed by atoms with Crippen LogP contribution in [0.2, 0.25) is 5.02 Å². The van der Waals surface area contributed by atoms with E-state index in [0.29, 0.717) is 5.56 Å². The third kappa shape index (κ3) is 3.03. The summed E-state index contributed by atoms with van der Waals surface area (Å²) < 4.78 is 47.6. The van der Waals surface area contributed by atoms with E-state index < -0.39 is 33.6 Å². The SMILES string of the molecule is O=C1CC(S(=O)(=O)F)CN1Cc1cccc(F)c1Cl. The summed E-state index contributed by atoms with van der Waals surface area (Å²) >= 11 is 5.74. The van der Waals surface area contributed by atoms with Gasteiger partial charge >= 0.3 is 10.2 Å². The Bertz CT molecular complexity index is 620. The van der Waals surface area contributed by atoms with Crippen LogP contribution in [-0.4, -0.2) is 31.0 Å². The summed E-state index contributed by atoms with van der Waals surface area (Å²) in [6.45, 7) is -0.286. The summed E-state index contributed by atoms with van der Waals surface area (Å²) in [7, 11) is -4.75. The van der Waals surface area contributed by atoms with Crippen molar-refractivity contribution in [1.82, 2.24) is 4.90 Å². The smallest absolute Gasteiger partial charge is 0.307 e. The quantitative estimate of drug-likeness (QED) is 0.801. The molecule has 1 unspecified atom stereocenters. The Labute approximate surface area is 114 Å². The van der Waals surface area contributed by atoms with Crippen molar-refractivity contribution in [3.63, 3.8) is 0 Å². The van der Waals surface area contributed by atoms with Gasteiger partial charge in [0.15, 0.2) is 0 Å². The van der Waals surface area contributed by atoms with Crippen molar-refractivity contribution in [2.24, 2.45) is 0 Å². The Morgan fingerprint density at radius 1 is 1.42 bits per heavy atom. The van der Waals surface area contributed by atoms with E-state index in [1.807, 2.05) is 0 Å². The van der Waals surface area contributed by atoms with E-state index in [1.165, 1.54) is 18.2 Å². The van der Waals surface area contributed by atoms with E-state index in [2.05, 4.69) is 0 Å². The second-order valence-electron chi connectivity index (χ2n) is 4.29. The third-order valence-corrected chi connectivity index (χ3v) is 4.51. The van der Waals surface area contributed by atoms with Crippen molar-refractivity contribution in [2.75, 3.05) is 6.54 Å². The van der Waals surface area contributed by atoms with E-state index in [4.69, 9.17) is 11.6 Å². The average Bonchev–Trinajstić information content (AvgIpc) is 2.67. The van der Waals surface area contributed by atoms with E-state index in [1.54, 1.807) is 0 Å². The number of halogens is 3. The fraction of sp³-hybridized carbons (Fsp3) is 0.364. The molecule has 0 aliphatic carbocycles. The third-order valence-electron chi connectivity index (χ3n) is 2.97. The van der Waals surface area contributed by atoms with Gasteiger partial charge in [0, 0.05) is 19.5 Å². The Balaban J connectivity index is 2.17. The minimum absolute atomic E-state index is 0.0402. The number of likely N-dealkylation sites (tertiary alicyclic amines) is 1. The van der Waals surface area contributed by atoms with Gasteiger partial charge in [-0.05, 0) is 11.6 Å². The van der Waals surface area contributed by atoms with Crippen molar-refractivity contribution in [3.05, 3.63) is 34.6 Å². The van der Waals surface area contributed by atoms with Crippen molar-refractivity contribution in [2.45, 2.75) is 18.2 Å². The highest BCUT2D eigenvalue weighted by Crippen LogP contribution is 2.25. The van der Waals surface area contributed by atoms with Crippen LogP contribution in [0.15, 0.2) is 18.2 Å². The number of amides is 1. The minimum atomic E-state index is -4.75. The first kappa shape index (κ1) is 14.2. The molecule has 0 bridgehead atoms. The lowest BCUT2D eigenvalue weighted by molar-refractivity contribution is -0.128. The molecule has 1 aromatic carbocycles. The van der Waals surface area contributed by atoms with E-state index in [-0.39, 0.29) is 18.1 Å². The molecular formula is C11H10ClF2NO3S. The summed E-state index contributed by atoms with van der Waals surface area (Å²) in [4.78, 5) is 12.7. The van der Waals surface area contributed by atoms with Crippen molar-refractivity contribution >= 4 is 27.7 Å². The van der Waals surface area contributed by atoms with Gasteiger partial charge in [-0.1, -0.05) is 23.7 Å². The maximum absolute atomic E-state index is 13.2. The molecule has 0 spiro atoms. The molecule has 1 aliphatic rings. The Morgan fingerprint density at radius 2 is 2.11 bits per heavy atom. The van der Waals surface area contributed by atoms with Gasteiger partial charge < -0.3 is 4.90 Å². The molecular weight excluding hydrogens is 300 g/mol. The highest BCUT2D eigenvalue weighted by molar-refractivity contribution is 7.87. The predicted octanol–water partition coefficient (Wildman–Crippen LogP) is 1.88. The average molecular weight is 310 g/mol. The van der Waals surface area contributed by atoms with Crippen LogP contribution < -0.4 is 0 Å². The molecule has 104 valence electrons. The van der Waals surface area contributed by atoms with Crippen LogP contribution in [0.1, 0.15) is 12.0 Å². The zero-order chi connectivity index (χ0) is 14.2. The largest absolute Gasteiger partial charge is 0.337 e. The molecule has 1 atom stereocenters. The maximum atomic E-state index is 13.2. The number of hydrogen-bond acceptors (Lipinski definition) is 3. The van der Waals surface area contributed by atoms with Gasteiger partial charge in [-0.25, -0.2) is 4.39 Å². The van der Waals surface area contributed by atoms with Gasteiger partial charge in [-0.15, -0.1) is 3.89 Å². The van der Waals surface area contributed by atoms with Crippen LogP contribution in [0.5, 0.6) is 0 Å². The maximum Gasteiger partial charge on any atom is 0.307 e. The molecule has 1 fully saturated rings. The number of nitrogens with zero attached hydrogens (tertiary/aromatic N) is 1. The fourth-order valence-electron chi connectivity index (χ4n) is 1.95. The molecule has 0 aromatic heterocycles. The van der Waals surface area contributed by atoms with Crippen LogP contribution in [0.25, 0.3) is 0 Å². The van der Waals surface area contributed by atoms with Gasteiger partial charge in [0.1, 0.15) is 11.1 Å². The number of benzene rings is 1. The molecule has 0 radical (unpaired) electrons. The van der Waals surface area contributed by atoms with Crippen LogP contribution in [0, 0.1) is 5.82 Å². The second-order valence-corrected chi connectivity index (χ2v) is 6.28. The predicted molar refractivity (Wildman–Crippen MR) is 65.3 cm³/mol. The molecule has 0 saturated carbocycles. The van der Waals surface area contributed by atoms with Gasteiger partial charge in [-0.2, -0.15) is 8.42 Å². The molecule has 1 heterocycles. The lowest BCUT2D eigenvalue weighted by atomic mass is 10.2. The fourth-order valence-corrected chi connectivity index (χ4v) is 2.84. The van der Waals surface area contributed by atoms with Crippen LogP contribution in [0.4, 0.5) is 8.28 Å². The number of rotatable bonds is 3. The first-order chi connectivity index (χ1) is 8.79. The minimum Gasteiger partial charge on any atom is -0.337 e. The van der Waals surface area contributed by atoms with Gasteiger partial charge in [0.05, 0.1) is 5.02 Å². The summed E-state index contributed by atoms with van der Waals surface area (Å²) in [6.07, 6.45) is -0.397. The molecule has 4 nitrogen and oxygen atoms in total. The normalized spacial score (nSPS) is 20.1. The standard InChI is InChI=1S/C11H10ClF2NO3S/c12-11-7(2-1-3-9(11)13)5-15-6-8(4-10(15)16)19(14,17)18/h1-3,8H,4-6H2. The van der Waals surface area contributed by atoms with Crippen molar-refractivity contribution < 1.29 is 21.5 Å². The Kier molecular flexibility index (Phi) is 3.78. The first-order valence-corrected chi connectivity index (χ1v) is 7.25. The lowest BCUT2D eigenvalue weighted by Crippen LogP contribution is -2.27. The Hall–Kier alpha value is -1.21. The summed E-state index contributed by atoms with van der Waals surface area (Å²) in [5.74, 6) is -1.12. The van der Waals surface area contributed by atoms with Gasteiger partial charge in [0.25, 0.3) is 0 Å². The lowest BCUT2D eigenvalue weighted by Gasteiger charge is -2.16. The molecule has 19 heavy (non-hydrogen) atoms. The van der Waals surface area contributed by atoms with Gasteiger partial charge in [-0.3, -0.25) is 4.79 Å². The van der Waals surface area contributed by atoms with E-state index in [0.717, 1.165) is 4.90 Å². The topological polar surface area (TPSA) is 54.5 Å². The molecule has 2 rings (SSSR count). The Morgan fingerprint density at radius 3 is 2.68 bits per heavy atom. The van der Waals surface area contributed by atoms with Crippen molar-refractivity contribution in [1.29, 1.82) is 0 Å². The number of carbonyl (C=O) groups is 1. The highest BCUT2D eigenvalue weighted by atomic mass is 35.5. The van der Waals surface area contributed by atoms with E-state index >= 15 is 0 Å². The molecule has 1 saturated heterocycles. The zero-order valence-corrected chi connectivity index (χ0v) is 11.2. The number of carbonyl (C=O) groups excluding carboxylic acids is 1. The molecule has 1 aromatic rings. The monoisotopic (exact) mass is 309 g/mol. The number of hydrogen-bond donors (Lipinski definition) is 0. The highest BCUT2D eigenvalue weighted by Gasteiger charge is 2.38. The molecule has 8 heteroatoms. The molecule has 1 amide bonds. The first-order valence-electron chi connectivity index (χ1n) is 5.43. The van der Waals surface area contributed by atoms with Crippen LogP contribution in [0.3, 0.4) is 0 Å². The van der Waals surface area contributed by atoms with E-state index in [9.17, 15) is 21.5 Å².